The molecule has 434 valence electrons. The van der Waals surface area contributed by atoms with Gasteiger partial charge in [0, 0.05) is 97.3 Å². The molecule has 0 bridgehead atoms. The van der Waals surface area contributed by atoms with Crippen molar-refractivity contribution in [1.29, 1.82) is 0 Å². The summed E-state index contributed by atoms with van der Waals surface area (Å²) in [5.41, 5.74) is 5.40. The third-order valence-corrected chi connectivity index (χ3v) is 21.0. The van der Waals surface area contributed by atoms with E-state index < -0.39 is 66.8 Å². The second-order valence-corrected chi connectivity index (χ2v) is 29.0. The van der Waals surface area contributed by atoms with E-state index in [1.54, 1.807) is 31.3 Å². The predicted molar refractivity (Wildman–Crippen MR) is 321 cm³/mol. The molecule has 1 amide bonds. The summed E-state index contributed by atoms with van der Waals surface area (Å²) in [5, 5.41) is 1.53. The smallest absolute Gasteiger partial charge is 0.295 e. The molecule has 6 aromatic rings. The lowest BCUT2D eigenvalue weighted by Gasteiger charge is -2.37. The number of hydrogen-bond acceptors (Lipinski definition) is 10. The first-order valence-electron chi connectivity index (χ1n) is 27.6. The first-order valence-corrected chi connectivity index (χ1v) is 33.5. The normalized spacial score (nSPS) is 17.4. The van der Waals surface area contributed by atoms with Gasteiger partial charge in [-0.05, 0) is 109 Å². The van der Waals surface area contributed by atoms with Crippen LogP contribution in [0.5, 0.6) is 0 Å². The Morgan fingerprint density at radius 1 is 0.695 bits per heavy atom. The fraction of sp³-hybridized carbons (Fsp3) is 0.355. The maximum Gasteiger partial charge on any atom is 0.295 e. The number of benzene rings is 6. The van der Waals surface area contributed by atoms with Crippen molar-refractivity contribution in [3.8, 4) is 0 Å². The number of likely N-dealkylation sites (tertiary alicyclic amines) is 1. The van der Waals surface area contributed by atoms with E-state index in [1.807, 2.05) is 78.3 Å². The maximum absolute atomic E-state index is 14.5. The minimum Gasteiger partial charge on any atom is -0.344 e. The average molecular weight is 1190 g/mol. The second-order valence-electron chi connectivity index (χ2n) is 22.6. The number of carbonyl (C=O) groups is 1. The van der Waals surface area contributed by atoms with Crippen molar-refractivity contribution in [1.82, 2.24) is 9.21 Å². The molecule has 3 aliphatic heterocycles. The van der Waals surface area contributed by atoms with Gasteiger partial charge in [-0.2, -0.15) is 29.8 Å². The van der Waals surface area contributed by atoms with Crippen molar-refractivity contribution in [3.63, 3.8) is 0 Å². The zero-order chi connectivity index (χ0) is 59.2. The molecular formula is C62H71N4O12S4+. The van der Waals surface area contributed by atoms with Gasteiger partial charge in [-0.15, -0.1) is 0 Å². The van der Waals surface area contributed by atoms with Crippen LogP contribution in [0.2, 0.25) is 0 Å². The van der Waals surface area contributed by atoms with Crippen molar-refractivity contribution in [2.24, 2.45) is 5.92 Å². The van der Waals surface area contributed by atoms with Crippen LogP contribution in [-0.2, 0) is 56.0 Å². The summed E-state index contributed by atoms with van der Waals surface area (Å²) in [6.45, 7) is 12.2. The molecule has 0 radical (unpaired) electrons. The molecule has 3 aliphatic rings. The number of piperidine rings is 1. The standard InChI is InChI=1S/C62H70N4O12S4/c1-7-35-65-51-31-29-47-49(24-17-25-53(47)80(71,72)63(6)36-18-28-57(67)64-38-33-45(34-39-64)58(43-20-11-8-12-21-43)44-22-13-9-14-23-44)59(51)61(2,3)55(65)26-15-10-16-27-56-62(4,5)60-50-41-46(81(73,74)75)42-54(82(76,77)78)48(50)30-32-52(60)66(56)37-19-40-79(68,69)70/h8-17,20-27,29-32,41-42,45,58H,7,18-19,28,33-40H2,1-6H3,(H2-,68,69,70,73,74,75,76,77,78)/p+1. The van der Waals surface area contributed by atoms with Crippen LogP contribution in [0.1, 0.15) is 101 Å². The van der Waals surface area contributed by atoms with E-state index >= 15 is 0 Å². The number of rotatable bonds is 20. The van der Waals surface area contributed by atoms with Gasteiger partial charge < -0.3 is 9.80 Å². The van der Waals surface area contributed by atoms with Gasteiger partial charge in [0.1, 0.15) is 11.4 Å². The number of sulfonamides is 1. The summed E-state index contributed by atoms with van der Waals surface area (Å²) in [6.07, 6.45) is 12.5. The Labute approximate surface area is 482 Å². The van der Waals surface area contributed by atoms with E-state index in [0.29, 0.717) is 60.4 Å². The highest BCUT2D eigenvalue weighted by Crippen LogP contribution is 2.52. The zero-order valence-electron chi connectivity index (χ0n) is 46.9. The van der Waals surface area contributed by atoms with E-state index in [-0.39, 0.29) is 53.4 Å². The molecule has 6 aromatic carbocycles. The number of hydrogen-bond donors (Lipinski definition) is 3. The molecule has 0 spiro atoms. The molecule has 1 saturated heterocycles. The molecule has 16 nitrogen and oxygen atoms in total. The molecule has 3 heterocycles. The van der Waals surface area contributed by atoms with Crippen molar-refractivity contribution < 1.29 is 56.7 Å². The highest BCUT2D eigenvalue weighted by atomic mass is 32.2. The Kier molecular flexibility index (Phi) is 17.2. The third kappa shape index (κ3) is 12.0. The van der Waals surface area contributed by atoms with Crippen LogP contribution in [0.3, 0.4) is 0 Å². The van der Waals surface area contributed by atoms with Gasteiger partial charge in [0.2, 0.25) is 21.6 Å². The molecule has 0 saturated carbocycles. The van der Waals surface area contributed by atoms with Crippen LogP contribution in [0.4, 0.5) is 11.4 Å². The SMILES string of the molecule is CCC[N+]1=C(/C=C/C=C/C=C2/N(CCCS(=O)(=O)O)c3ccc4c(S(=O)(=O)O)cc(S(=O)(=O)O)cc4c3C2(C)C)C(C)(C)c2c1ccc1c(S(=O)(=O)N(C)CCCC(=O)N3CCC(C(c4ccccc4)c4ccccc4)CC3)cccc21. The number of anilines is 1. The topological polar surface area (TPSA) is 227 Å². The van der Waals surface area contributed by atoms with Gasteiger partial charge in [-0.3, -0.25) is 18.5 Å². The van der Waals surface area contributed by atoms with Gasteiger partial charge in [0.05, 0.1) is 21.0 Å². The van der Waals surface area contributed by atoms with Gasteiger partial charge in [-0.1, -0.05) is 118 Å². The van der Waals surface area contributed by atoms with E-state index in [2.05, 4.69) is 73.9 Å². The number of amides is 1. The third-order valence-electron chi connectivity index (χ3n) is 16.5. The fourth-order valence-corrected chi connectivity index (χ4v) is 16.0. The summed E-state index contributed by atoms with van der Waals surface area (Å²) in [4.78, 5) is 16.1. The van der Waals surface area contributed by atoms with Crippen LogP contribution in [0.25, 0.3) is 21.5 Å². The molecule has 9 rings (SSSR count). The lowest BCUT2D eigenvalue weighted by molar-refractivity contribution is -0.437. The molecule has 0 unspecified atom stereocenters. The summed E-state index contributed by atoms with van der Waals surface area (Å²) in [7, 11) is -16.7. The molecule has 1 fully saturated rings. The van der Waals surface area contributed by atoms with Crippen LogP contribution < -0.4 is 4.90 Å². The highest BCUT2D eigenvalue weighted by molar-refractivity contribution is 7.89. The molecule has 3 N–H and O–H groups in total. The zero-order valence-corrected chi connectivity index (χ0v) is 50.2. The van der Waals surface area contributed by atoms with Crippen molar-refractivity contribution in [2.75, 3.05) is 50.4 Å². The van der Waals surface area contributed by atoms with Gasteiger partial charge in [0.25, 0.3) is 30.4 Å². The minimum atomic E-state index is -4.99. The van der Waals surface area contributed by atoms with Crippen LogP contribution in [0, 0.1) is 5.92 Å². The van der Waals surface area contributed by atoms with E-state index in [1.165, 1.54) is 21.5 Å². The molecular weight excluding hydrogens is 1120 g/mol. The predicted octanol–water partition coefficient (Wildman–Crippen LogP) is 10.8. The number of nitrogens with zero attached hydrogens (tertiary/aromatic N) is 4. The molecule has 82 heavy (non-hydrogen) atoms. The number of allylic oxidation sites excluding steroid dienone is 6. The Morgan fingerprint density at radius 3 is 1.94 bits per heavy atom. The van der Waals surface area contributed by atoms with E-state index in [0.717, 1.165) is 47.7 Å². The Balaban J connectivity index is 0.927. The van der Waals surface area contributed by atoms with Crippen molar-refractivity contribution in [2.45, 2.75) is 105 Å². The van der Waals surface area contributed by atoms with Gasteiger partial charge >= 0.3 is 0 Å². The second kappa shape index (κ2) is 23.4. The lowest BCUT2D eigenvalue weighted by Crippen LogP contribution is -2.40. The monoisotopic (exact) mass is 1190 g/mol. The summed E-state index contributed by atoms with van der Waals surface area (Å²) < 4.78 is 136. The van der Waals surface area contributed by atoms with Crippen LogP contribution in [-0.4, -0.2) is 118 Å². The molecule has 0 atom stereocenters. The highest BCUT2D eigenvalue weighted by Gasteiger charge is 2.46. The summed E-state index contributed by atoms with van der Waals surface area (Å²) in [6, 6.07) is 35.2. The van der Waals surface area contributed by atoms with Crippen LogP contribution in [0.15, 0.2) is 166 Å². The molecule has 0 aliphatic carbocycles. The summed E-state index contributed by atoms with van der Waals surface area (Å²) >= 11 is 0. The van der Waals surface area contributed by atoms with Crippen molar-refractivity contribution in [3.05, 3.63) is 174 Å². The first-order chi connectivity index (χ1) is 38.7. The Morgan fingerprint density at radius 2 is 1.33 bits per heavy atom. The average Bonchev–Trinajstić information content (AvgIpc) is 1.86. The van der Waals surface area contributed by atoms with Crippen molar-refractivity contribution >= 4 is 84.9 Å². The van der Waals surface area contributed by atoms with Gasteiger partial charge in [0.15, 0.2) is 5.71 Å². The van der Waals surface area contributed by atoms with E-state index in [9.17, 15) is 52.1 Å². The lowest BCUT2D eigenvalue weighted by atomic mass is 9.76. The molecule has 20 heteroatoms. The first kappa shape index (κ1) is 60.2. The van der Waals surface area contributed by atoms with Gasteiger partial charge in [-0.25, -0.2) is 12.7 Å². The van der Waals surface area contributed by atoms with E-state index in [4.69, 9.17) is 0 Å². The van der Waals surface area contributed by atoms with Crippen LogP contribution >= 0.6 is 0 Å². The largest absolute Gasteiger partial charge is 0.344 e. The minimum absolute atomic E-state index is 0.00504. The summed E-state index contributed by atoms with van der Waals surface area (Å²) in [5.74, 6) is 0.101. The fourth-order valence-electron chi connectivity index (χ4n) is 12.7. The number of fused-ring (bicyclic) bond motifs is 6. The molecule has 0 aromatic heterocycles. The Hall–Kier alpha value is -6.36. The quantitative estimate of drug-likeness (QED) is 0.0368. The Bertz CT molecular complexity index is 4020. The maximum atomic E-state index is 14.5. The number of carbonyl (C=O) groups excluding carboxylic acids is 1.